The maximum atomic E-state index is 13.5. The predicted molar refractivity (Wildman–Crippen MR) is 160 cm³/mol. The van der Waals surface area contributed by atoms with Gasteiger partial charge in [-0.15, -0.1) is 10.2 Å². The van der Waals surface area contributed by atoms with E-state index in [0.29, 0.717) is 21.2 Å². The third-order valence-corrected chi connectivity index (χ3v) is 9.19. The molecule has 10 heteroatoms. The zero-order chi connectivity index (χ0) is 28.6. The highest BCUT2D eigenvalue weighted by Crippen LogP contribution is 2.44. The molecule has 40 heavy (non-hydrogen) atoms. The smallest absolute Gasteiger partial charge is 0.301 e. The molecule has 3 aromatic carbocycles. The number of Topliss-reactive ketones (excluding diaryl/α,β-unsaturated/α-hetero) is 1. The van der Waals surface area contributed by atoms with Crippen molar-refractivity contribution in [3.8, 4) is 0 Å². The lowest BCUT2D eigenvalue weighted by molar-refractivity contribution is -0.132. The number of anilines is 1. The minimum atomic E-state index is -0.888. The summed E-state index contributed by atoms with van der Waals surface area (Å²) < 4.78 is 14.7. The Balaban J connectivity index is 1.54. The second kappa shape index (κ2) is 11.3. The van der Waals surface area contributed by atoms with Gasteiger partial charge in [-0.2, -0.15) is 0 Å². The van der Waals surface area contributed by atoms with Crippen molar-refractivity contribution in [1.29, 1.82) is 0 Å². The number of nitrogens with zero attached hydrogens (tertiary/aromatic N) is 3. The maximum Gasteiger partial charge on any atom is 0.301 e. The molecule has 1 N–H and O–H groups in total. The van der Waals surface area contributed by atoms with Crippen molar-refractivity contribution < 1.29 is 19.1 Å². The lowest BCUT2D eigenvalue weighted by atomic mass is 9.85. The van der Waals surface area contributed by atoms with Gasteiger partial charge in [0.15, 0.2) is 4.34 Å². The summed E-state index contributed by atoms with van der Waals surface area (Å²) in [7, 11) is 0. The largest absolute Gasteiger partial charge is 0.507 e. The Morgan fingerprint density at radius 2 is 1.65 bits per heavy atom. The summed E-state index contributed by atoms with van der Waals surface area (Å²) in [4.78, 5) is 28.2. The number of hydrogen-bond donors (Lipinski definition) is 1. The van der Waals surface area contributed by atoms with Gasteiger partial charge >= 0.3 is 5.91 Å². The van der Waals surface area contributed by atoms with Crippen molar-refractivity contribution in [2.24, 2.45) is 0 Å². The van der Waals surface area contributed by atoms with Crippen LogP contribution < -0.4 is 4.90 Å². The monoisotopic (exact) mass is 637 g/mol. The normalized spacial score (nSPS) is 17.0. The fourth-order valence-corrected chi connectivity index (χ4v) is 6.45. The SMILES string of the molecule is CC(C)(C)c1ccc(C2/C(=C(/O)c3ccc(Br)cc3)C(=O)C(=O)N2c2nnc(SCc3ccc(F)cc3)s2)cc1. The minimum absolute atomic E-state index is 0.00783. The third-order valence-electron chi connectivity index (χ3n) is 6.53. The van der Waals surface area contributed by atoms with E-state index in [1.807, 2.05) is 24.3 Å². The van der Waals surface area contributed by atoms with E-state index in [4.69, 9.17) is 0 Å². The van der Waals surface area contributed by atoms with E-state index in [2.05, 4.69) is 46.9 Å². The highest BCUT2D eigenvalue weighted by molar-refractivity contribution is 9.10. The zero-order valence-corrected chi connectivity index (χ0v) is 25.1. The van der Waals surface area contributed by atoms with Crippen LogP contribution in [-0.4, -0.2) is 27.0 Å². The number of benzene rings is 3. The van der Waals surface area contributed by atoms with Gasteiger partial charge in [0.25, 0.3) is 5.78 Å². The van der Waals surface area contributed by atoms with Crippen molar-refractivity contribution >= 4 is 61.6 Å². The van der Waals surface area contributed by atoms with Gasteiger partial charge in [0.05, 0.1) is 11.6 Å². The van der Waals surface area contributed by atoms with Crippen LogP contribution in [0.3, 0.4) is 0 Å². The molecule has 1 fully saturated rings. The Kier molecular flexibility index (Phi) is 7.94. The number of ketones is 1. The Labute approximate surface area is 248 Å². The summed E-state index contributed by atoms with van der Waals surface area (Å²) in [5, 5.41) is 20.1. The van der Waals surface area contributed by atoms with Crippen LogP contribution in [0.5, 0.6) is 0 Å². The Hall–Kier alpha value is -3.34. The minimum Gasteiger partial charge on any atom is -0.507 e. The molecule has 1 saturated heterocycles. The molecule has 4 aromatic rings. The van der Waals surface area contributed by atoms with Crippen LogP contribution in [0.25, 0.3) is 5.76 Å². The van der Waals surface area contributed by atoms with E-state index in [1.165, 1.54) is 40.1 Å². The molecular formula is C30H25BrFN3O3S2. The molecule has 2 heterocycles. The number of halogens is 2. The number of aliphatic hydroxyl groups is 1. The van der Waals surface area contributed by atoms with E-state index in [1.54, 1.807) is 36.4 Å². The molecule has 0 bridgehead atoms. The van der Waals surface area contributed by atoms with Gasteiger partial charge in [-0.1, -0.05) is 108 Å². The Bertz CT molecular complexity index is 1600. The fourth-order valence-electron chi connectivity index (χ4n) is 4.36. The first-order valence-corrected chi connectivity index (χ1v) is 15.0. The number of hydrogen-bond acceptors (Lipinski definition) is 7. The average molecular weight is 639 g/mol. The van der Waals surface area contributed by atoms with Crippen LogP contribution in [0.15, 0.2) is 87.2 Å². The number of aliphatic hydroxyl groups excluding tert-OH is 1. The number of thioether (sulfide) groups is 1. The molecule has 1 unspecified atom stereocenters. The van der Waals surface area contributed by atoms with E-state index in [0.717, 1.165) is 15.6 Å². The molecule has 0 saturated carbocycles. The maximum absolute atomic E-state index is 13.5. The van der Waals surface area contributed by atoms with Crippen LogP contribution >= 0.6 is 39.0 Å². The number of carbonyl (C=O) groups is 2. The van der Waals surface area contributed by atoms with Crippen LogP contribution in [0.2, 0.25) is 0 Å². The number of amides is 1. The van der Waals surface area contributed by atoms with E-state index >= 15 is 0 Å². The molecular weight excluding hydrogens is 613 g/mol. The van der Waals surface area contributed by atoms with Gasteiger partial charge in [0.2, 0.25) is 5.13 Å². The highest BCUT2D eigenvalue weighted by atomic mass is 79.9. The van der Waals surface area contributed by atoms with Crippen LogP contribution in [0.4, 0.5) is 9.52 Å². The highest BCUT2D eigenvalue weighted by Gasteiger charge is 2.48. The van der Waals surface area contributed by atoms with Crippen LogP contribution in [0.1, 0.15) is 49.1 Å². The molecule has 0 radical (unpaired) electrons. The molecule has 204 valence electrons. The van der Waals surface area contributed by atoms with E-state index < -0.39 is 17.7 Å². The van der Waals surface area contributed by atoms with Gasteiger partial charge < -0.3 is 5.11 Å². The number of rotatable bonds is 6. The summed E-state index contributed by atoms with van der Waals surface area (Å²) in [6, 6.07) is 19.9. The van der Waals surface area contributed by atoms with E-state index in [-0.39, 0.29) is 27.7 Å². The topological polar surface area (TPSA) is 83.4 Å². The molecule has 1 amide bonds. The zero-order valence-electron chi connectivity index (χ0n) is 21.9. The van der Waals surface area contributed by atoms with Crippen LogP contribution in [0, 0.1) is 5.82 Å². The quantitative estimate of drug-likeness (QED) is 0.0768. The van der Waals surface area contributed by atoms with Crippen molar-refractivity contribution in [3.63, 3.8) is 0 Å². The first-order valence-electron chi connectivity index (χ1n) is 12.4. The van der Waals surface area contributed by atoms with Crippen molar-refractivity contribution in [2.75, 3.05) is 4.90 Å². The van der Waals surface area contributed by atoms with Crippen molar-refractivity contribution in [3.05, 3.63) is 111 Å². The summed E-state index contributed by atoms with van der Waals surface area (Å²) in [6.45, 7) is 6.32. The Morgan fingerprint density at radius 1 is 1.00 bits per heavy atom. The molecule has 1 aliphatic heterocycles. The third kappa shape index (κ3) is 5.75. The molecule has 0 spiro atoms. The van der Waals surface area contributed by atoms with Gasteiger partial charge in [0.1, 0.15) is 11.6 Å². The molecule has 6 nitrogen and oxygen atoms in total. The standard InChI is InChI=1S/C30H25BrFN3O3S2/c1-30(2,3)20-10-6-18(7-11-20)24-23(25(36)19-8-12-21(31)13-9-19)26(37)27(38)35(24)28-33-34-29(40-28)39-16-17-4-14-22(32)15-5-17/h4-15,24,36H,16H2,1-3H3/b25-23-. The average Bonchev–Trinajstić information content (AvgIpc) is 3.50. The lowest BCUT2D eigenvalue weighted by Gasteiger charge is -2.24. The summed E-state index contributed by atoms with van der Waals surface area (Å²) >= 11 is 5.97. The van der Waals surface area contributed by atoms with Crippen molar-refractivity contribution in [2.45, 2.75) is 42.3 Å². The second-order valence-electron chi connectivity index (χ2n) is 10.3. The van der Waals surface area contributed by atoms with Crippen molar-refractivity contribution in [1.82, 2.24) is 10.2 Å². The van der Waals surface area contributed by atoms with E-state index in [9.17, 15) is 19.1 Å². The predicted octanol–water partition coefficient (Wildman–Crippen LogP) is 7.66. The van der Waals surface area contributed by atoms with Gasteiger partial charge in [-0.25, -0.2) is 4.39 Å². The summed E-state index contributed by atoms with van der Waals surface area (Å²) in [5.74, 6) is -1.60. The number of carbonyl (C=O) groups excluding carboxylic acids is 2. The summed E-state index contributed by atoms with van der Waals surface area (Å²) in [6.07, 6.45) is 0. The molecule has 1 aliphatic rings. The van der Waals surface area contributed by atoms with Gasteiger partial charge in [-0.3, -0.25) is 14.5 Å². The first-order chi connectivity index (χ1) is 19.0. The van der Waals surface area contributed by atoms with Gasteiger partial charge in [-0.05, 0) is 46.4 Å². The molecule has 0 aliphatic carbocycles. The Morgan fingerprint density at radius 3 is 2.27 bits per heavy atom. The fraction of sp³-hybridized carbons (Fsp3) is 0.200. The molecule has 1 atom stereocenters. The molecule has 5 rings (SSSR count). The second-order valence-corrected chi connectivity index (χ2v) is 13.4. The lowest BCUT2D eigenvalue weighted by Crippen LogP contribution is -2.29. The van der Waals surface area contributed by atoms with Gasteiger partial charge in [0, 0.05) is 15.8 Å². The number of aromatic nitrogens is 2. The van der Waals surface area contributed by atoms with Crippen LogP contribution in [-0.2, 0) is 20.8 Å². The first kappa shape index (κ1) is 28.2. The molecule has 1 aromatic heterocycles. The summed E-state index contributed by atoms with van der Waals surface area (Å²) in [5.41, 5.74) is 3.00.